The van der Waals surface area contributed by atoms with Crippen molar-refractivity contribution in [3.8, 4) is 11.4 Å². The second-order valence-corrected chi connectivity index (χ2v) is 6.70. The quantitative estimate of drug-likeness (QED) is 0.754. The lowest BCUT2D eigenvalue weighted by Crippen LogP contribution is -2.36. The van der Waals surface area contributed by atoms with Crippen LogP contribution >= 0.6 is 0 Å². The highest BCUT2D eigenvalue weighted by Gasteiger charge is 2.21. The first kappa shape index (κ1) is 16.8. The highest BCUT2D eigenvalue weighted by Crippen LogP contribution is 2.33. The lowest BCUT2D eigenvalue weighted by atomic mass is 9.94. The number of hydrogen-bond donors (Lipinski definition) is 1. The standard InChI is InChI=1S/C20H18N6O2/c27-18-2-1-13(12-22-18)15-11-17(26-7-9-28-10-8-26)24-19-14(15)3-5-21-20(19)16-4-6-23-25-16/h1-6,11-13H,7-10H2,(H,23,25). The van der Waals surface area contributed by atoms with Gasteiger partial charge in [-0.25, -0.2) is 9.98 Å². The van der Waals surface area contributed by atoms with E-state index in [1.807, 2.05) is 18.2 Å². The fourth-order valence-electron chi connectivity index (χ4n) is 3.60. The van der Waals surface area contributed by atoms with Gasteiger partial charge in [0.2, 0.25) is 0 Å². The van der Waals surface area contributed by atoms with Crippen LogP contribution in [0.15, 0.2) is 47.7 Å². The van der Waals surface area contributed by atoms with Crippen LogP contribution in [0.2, 0.25) is 0 Å². The average Bonchev–Trinajstić information content (AvgIpc) is 3.28. The van der Waals surface area contributed by atoms with E-state index < -0.39 is 0 Å². The van der Waals surface area contributed by atoms with E-state index in [0.717, 1.165) is 46.8 Å². The summed E-state index contributed by atoms with van der Waals surface area (Å²) in [5.74, 6) is 0.543. The molecule has 0 aliphatic carbocycles. The third kappa shape index (κ3) is 2.97. The van der Waals surface area contributed by atoms with E-state index in [9.17, 15) is 4.79 Å². The van der Waals surface area contributed by atoms with Gasteiger partial charge in [-0.2, -0.15) is 5.10 Å². The summed E-state index contributed by atoms with van der Waals surface area (Å²) < 4.78 is 5.48. The molecule has 3 aromatic heterocycles. The normalized spacial score (nSPS) is 19.5. The van der Waals surface area contributed by atoms with E-state index in [-0.39, 0.29) is 11.8 Å². The van der Waals surface area contributed by atoms with Crippen molar-refractivity contribution in [3.63, 3.8) is 0 Å². The number of pyridine rings is 2. The minimum Gasteiger partial charge on any atom is -0.378 e. The summed E-state index contributed by atoms with van der Waals surface area (Å²) in [6.45, 7) is 2.92. The SMILES string of the molecule is O=C1C=CC(c2cc(N3CCOCC3)nc3c(-c4ccn[nH]4)nccc23)C=N1. The Kier molecular flexibility index (Phi) is 4.17. The zero-order chi connectivity index (χ0) is 18.9. The minimum atomic E-state index is -0.233. The van der Waals surface area contributed by atoms with Crippen molar-refractivity contribution in [1.82, 2.24) is 20.2 Å². The molecular formula is C20H18N6O2. The molecular weight excluding hydrogens is 356 g/mol. The molecule has 28 heavy (non-hydrogen) atoms. The molecule has 1 unspecified atom stereocenters. The van der Waals surface area contributed by atoms with Crippen LogP contribution in [0.25, 0.3) is 22.3 Å². The number of H-pyrrole nitrogens is 1. The van der Waals surface area contributed by atoms with Crippen LogP contribution in [0.3, 0.4) is 0 Å². The van der Waals surface area contributed by atoms with Gasteiger partial charge in [0.25, 0.3) is 5.91 Å². The van der Waals surface area contributed by atoms with Gasteiger partial charge in [-0.15, -0.1) is 0 Å². The number of carbonyl (C=O) groups is 1. The van der Waals surface area contributed by atoms with Gasteiger partial charge in [-0.3, -0.25) is 14.9 Å². The first-order valence-corrected chi connectivity index (χ1v) is 9.18. The zero-order valence-electron chi connectivity index (χ0n) is 15.1. The molecule has 1 amide bonds. The van der Waals surface area contributed by atoms with Gasteiger partial charge in [0, 0.05) is 49.1 Å². The Hall–Kier alpha value is -3.39. The van der Waals surface area contributed by atoms with Crippen molar-refractivity contribution >= 4 is 28.8 Å². The fourth-order valence-corrected chi connectivity index (χ4v) is 3.60. The van der Waals surface area contributed by atoms with Crippen molar-refractivity contribution in [3.05, 3.63) is 48.3 Å². The molecule has 2 aliphatic rings. The smallest absolute Gasteiger partial charge is 0.269 e. The van der Waals surface area contributed by atoms with Gasteiger partial charge in [-0.05, 0) is 23.8 Å². The number of carbonyl (C=O) groups excluding carboxylic acids is 1. The second-order valence-electron chi connectivity index (χ2n) is 6.70. The molecule has 2 aliphatic heterocycles. The number of morpholine rings is 1. The van der Waals surface area contributed by atoms with Gasteiger partial charge in [0.05, 0.1) is 18.9 Å². The number of anilines is 1. The van der Waals surface area contributed by atoms with Crippen molar-refractivity contribution in [2.24, 2.45) is 4.99 Å². The molecule has 3 aromatic rings. The number of allylic oxidation sites excluding steroid dienone is 1. The highest BCUT2D eigenvalue weighted by atomic mass is 16.5. The number of nitrogens with one attached hydrogen (secondary N) is 1. The maximum Gasteiger partial charge on any atom is 0.269 e. The van der Waals surface area contributed by atoms with Gasteiger partial charge < -0.3 is 9.64 Å². The van der Waals surface area contributed by atoms with Crippen LogP contribution in [0.5, 0.6) is 0 Å². The van der Waals surface area contributed by atoms with Gasteiger partial charge in [0.1, 0.15) is 17.0 Å². The third-order valence-corrected chi connectivity index (χ3v) is 5.00. The highest BCUT2D eigenvalue weighted by molar-refractivity contribution is 6.01. The van der Waals surface area contributed by atoms with Crippen LogP contribution < -0.4 is 4.90 Å². The molecule has 5 heterocycles. The summed E-state index contributed by atoms with van der Waals surface area (Å²) in [6, 6.07) is 5.92. The summed E-state index contributed by atoms with van der Waals surface area (Å²) in [6.07, 6.45) is 8.56. The predicted molar refractivity (Wildman–Crippen MR) is 106 cm³/mol. The van der Waals surface area contributed by atoms with E-state index in [2.05, 4.69) is 31.1 Å². The largest absolute Gasteiger partial charge is 0.378 e. The Morgan fingerprint density at radius 3 is 2.82 bits per heavy atom. The molecule has 1 N–H and O–H groups in total. The molecule has 5 rings (SSSR count). The molecule has 1 fully saturated rings. The van der Waals surface area contributed by atoms with E-state index in [0.29, 0.717) is 13.2 Å². The van der Waals surface area contributed by atoms with E-state index in [1.54, 1.807) is 18.6 Å². The Morgan fingerprint density at radius 1 is 1.18 bits per heavy atom. The first-order valence-electron chi connectivity index (χ1n) is 9.18. The van der Waals surface area contributed by atoms with Crippen molar-refractivity contribution in [2.75, 3.05) is 31.2 Å². The van der Waals surface area contributed by atoms with E-state index in [1.165, 1.54) is 6.08 Å². The molecule has 0 bridgehead atoms. The molecule has 8 nitrogen and oxygen atoms in total. The molecule has 1 saturated heterocycles. The molecule has 8 heteroatoms. The van der Waals surface area contributed by atoms with Crippen LogP contribution in [-0.4, -0.2) is 58.6 Å². The first-order chi connectivity index (χ1) is 13.8. The Bertz CT molecular complexity index is 1070. The lowest BCUT2D eigenvalue weighted by Gasteiger charge is -2.29. The van der Waals surface area contributed by atoms with Crippen molar-refractivity contribution in [1.29, 1.82) is 0 Å². The molecule has 0 aromatic carbocycles. The number of amides is 1. The minimum absolute atomic E-state index is 0.0972. The second kappa shape index (κ2) is 6.97. The fraction of sp³-hybridized carbons (Fsp3) is 0.250. The molecule has 0 radical (unpaired) electrons. The average molecular weight is 374 g/mol. The van der Waals surface area contributed by atoms with Gasteiger partial charge in [0.15, 0.2) is 0 Å². The van der Waals surface area contributed by atoms with Crippen LogP contribution in [0.1, 0.15) is 11.5 Å². The van der Waals surface area contributed by atoms with Crippen LogP contribution in [0, 0.1) is 0 Å². The van der Waals surface area contributed by atoms with Gasteiger partial charge >= 0.3 is 0 Å². The van der Waals surface area contributed by atoms with Crippen LogP contribution in [0.4, 0.5) is 5.82 Å². The number of aromatic amines is 1. The summed E-state index contributed by atoms with van der Waals surface area (Å²) in [7, 11) is 0. The predicted octanol–water partition coefficient (Wildman–Crippen LogP) is 2.11. The number of ether oxygens (including phenoxy) is 1. The summed E-state index contributed by atoms with van der Waals surface area (Å²) in [5.41, 5.74) is 3.40. The molecule has 0 spiro atoms. The number of hydrogen-bond acceptors (Lipinski definition) is 6. The number of dihydropyridines is 1. The molecule has 1 atom stereocenters. The number of aliphatic imine (C=N–C) groups is 1. The Morgan fingerprint density at radius 2 is 2.07 bits per heavy atom. The maximum absolute atomic E-state index is 11.5. The van der Waals surface area contributed by atoms with Crippen LogP contribution in [-0.2, 0) is 9.53 Å². The summed E-state index contributed by atoms with van der Waals surface area (Å²) in [4.78, 5) is 27.2. The lowest BCUT2D eigenvalue weighted by molar-refractivity contribution is -0.113. The van der Waals surface area contributed by atoms with Crippen molar-refractivity contribution < 1.29 is 9.53 Å². The number of rotatable bonds is 3. The Balaban J connectivity index is 1.72. The summed E-state index contributed by atoms with van der Waals surface area (Å²) in [5, 5.41) is 8.01. The van der Waals surface area contributed by atoms with Crippen molar-refractivity contribution in [2.45, 2.75) is 5.92 Å². The zero-order valence-corrected chi connectivity index (χ0v) is 15.1. The van der Waals surface area contributed by atoms with E-state index in [4.69, 9.17) is 9.72 Å². The van der Waals surface area contributed by atoms with E-state index >= 15 is 0 Å². The monoisotopic (exact) mass is 374 g/mol. The number of fused-ring (bicyclic) bond motifs is 1. The number of aromatic nitrogens is 4. The van der Waals surface area contributed by atoms with Gasteiger partial charge in [-0.1, -0.05) is 6.08 Å². The topological polar surface area (TPSA) is 96.4 Å². The molecule has 0 saturated carbocycles. The maximum atomic E-state index is 11.5. The number of nitrogens with zero attached hydrogens (tertiary/aromatic N) is 5. The molecule has 140 valence electrons. The Labute approximate surface area is 161 Å². The third-order valence-electron chi connectivity index (χ3n) is 5.00. The summed E-state index contributed by atoms with van der Waals surface area (Å²) >= 11 is 0.